The van der Waals surface area contributed by atoms with Crippen LogP contribution < -0.4 is 10.6 Å². The molecule has 7 heteroatoms. The summed E-state index contributed by atoms with van der Waals surface area (Å²) in [6.45, 7) is 4.69. The van der Waals surface area contributed by atoms with Crippen molar-refractivity contribution in [2.75, 3.05) is 20.1 Å². The zero-order valence-electron chi connectivity index (χ0n) is 20.3. The van der Waals surface area contributed by atoms with E-state index in [0.717, 1.165) is 45.3 Å². The molecule has 0 bridgehead atoms. The van der Waals surface area contributed by atoms with E-state index in [1.165, 1.54) is 11.1 Å². The Bertz CT molecular complexity index is 933. The zero-order chi connectivity index (χ0) is 23.9. The highest BCUT2D eigenvalue weighted by atomic mass is 32.1. The lowest BCUT2D eigenvalue weighted by Crippen LogP contribution is -2.55. The molecule has 2 saturated heterocycles. The molecule has 0 spiro atoms. The SMILES string of the molecule is C[C@@H]1C[C@@H](CC(=O)N2CCC(C(Cc3ccccc3)N(C)Cc3ccncc3)CC2)NC(=S)N1. The first-order valence-electron chi connectivity index (χ1n) is 12.5. The minimum absolute atomic E-state index is 0.131. The van der Waals surface area contributed by atoms with Gasteiger partial charge in [0.25, 0.3) is 0 Å². The van der Waals surface area contributed by atoms with Crippen LogP contribution in [-0.2, 0) is 17.8 Å². The Morgan fingerprint density at radius 2 is 1.82 bits per heavy atom. The van der Waals surface area contributed by atoms with E-state index in [2.05, 4.69) is 81.9 Å². The molecular weight excluding hydrogens is 442 g/mol. The van der Waals surface area contributed by atoms with Gasteiger partial charge in [-0.15, -0.1) is 0 Å². The predicted molar refractivity (Wildman–Crippen MR) is 140 cm³/mol. The Morgan fingerprint density at radius 3 is 2.50 bits per heavy atom. The van der Waals surface area contributed by atoms with Crippen molar-refractivity contribution in [3.8, 4) is 0 Å². The second-order valence-electron chi connectivity index (χ2n) is 9.90. The molecule has 1 aromatic heterocycles. The van der Waals surface area contributed by atoms with Gasteiger partial charge in [-0.25, -0.2) is 0 Å². The highest BCUT2D eigenvalue weighted by molar-refractivity contribution is 7.80. The predicted octanol–water partition coefficient (Wildman–Crippen LogP) is 3.38. The molecule has 3 atom stereocenters. The van der Waals surface area contributed by atoms with E-state index in [9.17, 15) is 4.79 Å². The molecule has 34 heavy (non-hydrogen) atoms. The second kappa shape index (κ2) is 11.8. The number of hydrogen-bond acceptors (Lipinski definition) is 4. The van der Waals surface area contributed by atoms with E-state index >= 15 is 0 Å². The number of thiocarbonyl (C=S) groups is 1. The van der Waals surface area contributed by atoms with Crippen molar-refractivity contribution >= 4 is 23.2 Å². The molecular formula is C27H37N5OS. The summed E-state index contributed by atoms with van der Waals surface area (Å²) >= 11 is 5.28. The van der Waals surface area contributed by atoms with Crippen LogP contribution in [0.15, 0.2) is 54.9 Å². The lowest BCUT2D eigenvalue weighted by atomic mass is 9.84. The van der Waals surface area contributed by atoms with Crippen molar-refractivity contribution in [2.24, 2.45) is 5.92 Å². The number of carbonyl (C=O) groups is 1. The van der Waals surface area contributed by atoms with Gasteiger partial charge in [0.15, 0.2) is 5.11 Å². The Kier molecular flexibility index (Phi) is 8.51. The maximum absolute atomic E-state index is 13.0. The molecule has 2 aromatic rings. The fraction of sp³-hybridized carbons (Fsp3) is 0.519. The van der Waals surface area contributed by atoms with Crippen molar-refractivity contribution in [3.63, 3.8) is 0 Å². The summed E-state index contributed by atoms with van der Waals surface area (Å²) in [7, 11) is 2.23. The third-order valence-electron chi connectivity index (χ3n) is 7.24. The highest BCUT2D eigenvalue weighted by Gasteiger charge is 2.32. The number of benzene rings is 1. The Labute approximate surface area is 209 Å². The summed E-state index contributed by atoms with van der Waals surface area (Å²) in [6.07, 6.45) is 8.27. The largest absolute Gasteiger partial charge is 0.360 e. The van der Waals surface area contributed by atoms with Gasteiger partial charge in [0.2, 0.25) is 5.91 Å². The fourth-order valence-electron chi connectivity index (χ4n) is 5.43. The first-order chi connectivity index (χ1) is 16.5. The van der Waals surface area contributed by atoms with Crippen LogP contribution in [0.5, 0.6) is 0 Å². The maximum atomic E-state index is 13.0. The number of amides is 1. The summed E-state index contributed by atoms with van der Waals surface area (Å²) in [4.78, 5) is 21.7. The number of likely N-dealkylation sites (tertiary alicyclic amines) is 1. The molecule has 2 fully saturated rings. The number of piperidine rings is 1. The smallest absolute Gasteiger partial charge is 0.224 e. The third kappa shape index (κ3) is 6.76. The Hall–Kier alpha value is -2.51. The maximum Gasteiger partial charge on any atom is 0.224 e. The summed E-state index contributed by atoms with van der Waals surface area (Å²) in [5.74, 6) is 0.804. The summed E-state index contributed by atoms with van der Waals surface area (Å²) < 4.78 is 0. The van der Waals surface area contributed by atoms with Crippen LogP contribution in [0.25, 0.3) is 0 Å². The fourth-order valence-corrected chi connectivity index (χ4v) is 5.80. The van der Waals surface area contributed by atoms with Gasteiger partial charge in [-0.3, -0.25) is 14.7 Å². The van der Waals surface area contributed by atoms with Gasteiger partial charge in [-0.05, 0) is 81.1 Å². The molecule has 1 unspecified atom stereocenters. The molecule has 3 heterocycles. The second-order valence-corrected chi connectivity index (χ2v) is 10.3. The van der Waals surface area contributed by atoms with E-state index in [1.807, 2.05) is 12.4 Å². The van der Waals surface area contributed by atoms with E-state index in [0.29, 0.717) is 29.5 Å². The number of likely N-dealkylation sites (N-methyl/N-ethyl adjacent to an activating group) is 1. The number of rotatable bonds is 8. The van der Waals surface area contributed by atoms with Gasteiger partial charge < -0.3 is 15.5 Å². The van der Waals surface area contributed by atoms with Crippen LogP contribution >= 0.6 is 12.2 Å². The highest BCUT2D eigenvalue weighted by Crippen LogP contribution is 2.28. The summed E-state index contributed by atoms with van der Waals surface area (Å²) in [6, 6.07) is 15.8. The van der Waals surface area contributed by atoms with Gasteiger partial charge in [-0.1, -0.05) is 30.3 Å². The summed E-state index contributed by atoms with van der Waals surface area (Å²) in [5, 5.41) is 7.15. The topological polar surface area (TPSA) is 60.5 Å². The van der Waals surface area contributed by atoms with Crippen molar-refractivity contribution in [1.82, 2.24) is 25.4 Å². The Balaban J connectivity index is 1.36. The molecule has 0 saturated carbocycles. The molecule has 0 radical (unpaired) electrons. The van der Waals surface area contributed by atoms with Gasteiger partial charge in [-0.2, -0.15) is 0 Å². The number of carbonyl (C=O) groups excluding carboxylic acids is 1. The van der Waals surface area contributed by atoms with E-state index in [4.69, 9.17) is 12.2 Å². The van der Waals surface area contributed by atoms with Crippen LogP contribution in [0.1, 0.15) is 43.7 Å². The van der Waals surface area contributed by atoms with Crippen LogP contribution in [0, 0.1) is 5.92 Å². The molecule has 4 rings (SSSR count). The molecule has 1 aromatic carbocycles. The molecule has 6 nitrogen and oxygen atoms in total. The lowest BCUT2D eigenvalue weighted by Gasteiger charge is -2.41. The minimum atomic E-state index is 0.131. The van der Waals surface area contributed by atoms with Gasteiger partial charge in [0.05, 0.1) is 0 Å². The van der Waals surface area contributed by atoms with Crippen molar-refractivity contribution in [2.45, 2.75) is 63.7 Å². The standard InChI is InChI=1S/C27H37N5OS/c1-20-16-24(30-27(34)29-20)18-26(33)32-14-10-23(11-15-32)25(17-21-6-4-3-5-7-21)31(2)19-22-8-12-28-13-9-22/h3-9,12-13,20,23-25H,10-11,14-19H2,1-2H3,(H2,29,30,34)/t20-,24+,25?/m1/s1. The summed E-state index contributed by atoms with van der Waals surface area (Å²) in [5.41, 5.74) is 2.65. The zero-order valence-corrected chi connectivity index (χ0v) is 21.1. The number of nitrogens with zero attached hydrogens (tertiary/aromatic N) is 3. The van der Waals surface area contributed by atoms with Crippen LogP contribution in [-0.4, -0.2) is 64.1 Å². The number of hydrogen-bond donors (Lipinski definition) is 2. The lowest BCUT2D eigenvalue weighted by molar-refractivity contribution is -0.133. The molecule has 182 valence electrons. The quantitative estimate of drug-likeness (QED) is 0.566. The molecule has 0 aliphatic carbocycles. The van der Waals surface area contributed by atoms with Crippen molar-refractivity contribution in [3.05, 3.63) is 66.0 Å². The van der Waals surface area contributed by atoms with Gasteiger partial charge in [0, 0.05) is 56.6 Å². The van der Waals surface area contributed by atoms with E-state index < -0.39 is 0 Å². The number of nitrogens with one attached hydrogen (secondary N) is 2. The monoisotopic (exact) mass is 479 g/mol. The molecule has 2 N–H and O–H groups in total. The Morgan fingerprint density at radius 1 is 1.12 bits per heavy atom. The van der Waals surface area contributed by atoms with Gasteiger partial charge in [0.1, 0.15) is 0 Å². The number of pyridine rings is 1. The van der Waals surface area contributed by atoms with Gasteiger partial charge >= 0.3 is 0 Å². The molecule has 1 amide bonds. The number of aromatic nitrogens is 1. The van der Waals surface area contributed by atoms with E-state index in [-0.39, 0.29) is 11.9 Å². The average Bonchev–Trinajstić information content (AvgIpc) is 2.83. The molecule has 2 aliphatic heterocycles. The van der Waals surface area contributed by atoms with E-state index in [1.54, 1.807) is 0 Å². The minimum Gasteiger partial charge on any atom is -0.360 e. The van der Waals surface area contributed by atoms with Crippen molar-refractivity contribution < 1.29 is 4.79 Å². The van der Waals surface area contributed by atoms with Crippen molar-refractivity contribution in [1.29, 1.82) is 0 Å². The molecule has 2 aliphatic rings. The third-order valence-corrected chi connectivity index (χ3v) is 7.48. The first kappa shape index (κ1) is 24.6. The normalized spacial score (nSPS) is 22.2. The van der Waals surface area contributed by atoms with Crippen LogP contribution in [0.4, 0.5) is 0 Å². The van der Waals surface area contributed by atoms with Crippen LogP contribution in [0.2, 0.25) is 0 Å². The van der Waals surface area contributed by atoms with Crippen LogP contribution in [0.3, 0.4) is 0 Å². The average molecular weight is 480 g/mol. The first-order valence-corrected chi connectivity index (χ1v) is 12.9.